The Bertz CT molecular complexity index is 1260. The summed E-state index contributed by atoms with van der Waals surface area (Å²) in [5.74, 6) is 0.775. The molecule has 5 heteroatoms. The molecule has 4 aromatic carbocycles. The summed E-state index contributed by atoms with van der Waals surface area (Å²) in [6, 6.07) is 35.2. The van der Waals surface area contributed by atoms with Crippen molar-refractivity contribution in [1.29, 1.82) is 0 Å². The highest BCUT2D eigenvalue weighted by Crippen LogP contribution is 2.23. The number of anilines is 1. The van der Waals surface area contributed by atoms with E-state index in [2.05, 4.69) is 100 Å². The second kappa shape index (κ2) is 8.94. The summed E-state index contributed by atoms with van der Waals surface area (Å²) in [7, 11) is 1.65. The van der Waals surface area contributed by atoms with Crippen LogP contribution in [-0.4, -0.2) is 22.1 Å². The molecule has 0 amide bonds. The molecule has 1 aromatic heterocycles. The highest BCUT2D eigenvalue weighted by atomic mass is 16.5. The van der Waals surface area contributed by atoms with Crippen LogP contribution in [0.5, 0.6) is 5.75 Å². The van der Waals surface area contributed by atoms with Crippen molar-refractivity contribution in [2.24, 2.45) is 0 Å². The van der Waals surface area contributed by atoms with Gasteiger partial charge in [0.05, 0.1) is 12.8 Å². The maximum atomic E-state index is 5.29. The van der Waals surface area contributed by atoms with Gasteiger partial charge in [0.25, 0.3) is 0 Å². The van der Waals surface area contributed by atoms with Crippen molar-refractivity contribution in [3.05, 3.63) is 114 Å². The van der Waals surface area contributed by atoms with Gasteiger partial charge in [-0.25, -0.2) is 0 Å². The Morgan fingerprint density at radius 2 is 1.28 bits per heavy atom. The van der Waals surface area contributed by atoms with Gasteiger partial charge in [-0.3, -0.25) is 0 Å². The Morgan fingerprint density at radius 3 is 1.88 bits per heavy atom. The summed E-state index contributed by atoms with van der Waals surface area (Å²) in [6.45, 7) is 1.66. The van der Waals surface area contributed by atoms with Gasteiger partial charge in [0.2, 0.25) is 0 Å². The van der Waals surface area contributed by atoms with E-state index < -0.39 is 0 Å². The van der Waals surface area contributed by atoms with E-state index in [1.165, 1.54) is 11.1 Å². The maximum absolute atomic E-state index is 5.29. The van der Waals surface area contributed by atoms with Crippen LogP contribution in [0.3, 0.4) is 0 Å². The van der Waals surface area contributed by atoms with Crippen LogP contribution in [0.1, 0.15) is 11.1 Å². The van der Waals surface area contributed by atoms with E-state index in [-0.39, 0.29) is 0 Å². The Kier molecular flexibility index (Phi) is 5.54. The lowest BCUT2D eigenvalue weighted by Crippen LogP contribution is -2.22. The normalized spacial score (nSPS) is 10.9. The third-order valence-corrected chi connectivity index (χ3v) is 5.47. The van der Waals surface area contributed by atoms with Gasteiger partial charge in [-0.15, -0.1) is 10.2 Å². The van der Waals surface area contributed by atoms with Crippen LogP contribution in [0.2, 0.25) is 0 Å². The molecule has 0 aliphatic rings. The molecule has 158 valence electrons. The van der Waals surface area contributed by atoms with E-state index in [4.69, 9.17) is 4.74 Å². The van der Waals surface area contributed by atoms with Gasteiger partial charge in [0.15, 0.2) is 0 Å². The van der Waals surface area contributed by atoms with Crippen molar-refractivity contribution in [1.82, 2.24) is 15.0 Å². The van der Waals surface area contributed by atoms with Gasteiger partial charge in [-0.05, 0) is 47.5 Å². The van der Waals surface area contributed by atoms with E-state index in [0.29, 0.717) is 0 Å². The molecule has 0 N–H and O–H groups in total. The molecular weight excluding hydrogens is 396 g/mol. The van der Waals surface area contributed by atoms with Crippen LogP contribution in [0, 0.1) is 0 Å². The average Bonchev–Trinajstić information content (AvgIpc) is 3.28. The predicted molar refractivity (Wildman–Crippen MR) is 128 cm³/mol. The predicted octanol–water partition coefficient (Wildman–Crippen LogP) is 5.64. The molecule has 0 saturated heterocycles. The lowest BCUT2D eigenvalue weighted by atomic mass is 10.1. The van der Waals surface area contributed by atoms with Crippen LogP contribution >= 0.6 is 0 Å². The molecule has 0 aliphatic carbocycles. The van der Waals surface area contributed by atoms with Crippen LogP contribution in [0.4, 0.5) is 5.69 Å². The number of ether oxygens (including phenoxy) is 1. The number of fused-ring (bicyclic) bond motifs is 1. The summed E-state index contributed by atoms with van der Waals surface area (Å²) in [6.07, 6.45) is 0. The first-order valence-corrected chi connectivity index (χ1v) is 10.6. The zero-order chi connectivity index (χ0) is 21.8. The van der Waals surface area contributed by atoms with E-state index in [1.54, 1.807) is 11.9 Å². The number of hydrogen-bond donors (Lipinski definition) is 0. The van der Waals surface area contributed by atoms with Crippen LogP contribution in [-0.2, 0) is 13.1 Å². The van der Waals surface area contributed by atoms with E-state index in [0.717, 1.165) is 41.2 Å². The second-order valence-corrected chi connectivity index (χ2v) is 7.69. The first-order valence-electron chi connectivity index (χ1n) is 10.6. The zero-order valence-corrected chi connectivity index (χ0v) is 17.9. The van der Waals surface area contributed by atoms with Gasteiger partial charge in [-0.2, -0.15) is 4.80 Å². The fraction of sp³-hybridized carbons (Fsp3) is 0.111. The quantitative estimate of drug-likeness (QED) is 0.342. The minimum Gasteiger partial charge on any atom is -0.497 e. The first-order chi connectivity index (χ1) is 15.8. The van der Waals surface area contributed by atoms with Gasteiger partial charge in [0.1, 0.15) is 16.8 Å². The summed E-state index contributed by atoms with van der Waals surface area (Å²) < 4.78 is 5.29. The average molecular weight is 421 g/mol. The Balaban J connectivity index is 1.43. The third-order valence-electron chi connectivity index (χ3n) is 5.47. The number of rotatable bonds is 7. The lowest BCUT2D eigenvalue weighted by molar-refractivity contribution is 0.415. The third kappa shape index (κ3) is 4.32. The molecule has 0 bridgehead atoms. The SMILES string of the molecule is COc1ccc2nn(-c3ccc(N(Cc4ccccc4)Cc4ccccc4)cc3)nc2c1. The summed E-state index contributed by atoms with van der Waals surface area (Å²) in [5.41, 5.74) is 6.28. The topological polar surface area (TPSA) is 43.2 Å². The van der Waals surface area contributed by atoms with Crippen molar-refractivity contribution in [3.8, 4) is 11.4 Å². The molecule has 0 spiro atoms. The molecule has 1 heterocycles. The first kappa shape index (κ1) is 19.8. The molecule has 5 rings (SSSR count). The molecule has 0 saturated carbocycles. The molecule has 0 radical (unpaired) electrons. The van der Waals surface area contributed by atoms with Crippen LogP contribution < -0.4 is 9.64 Å². The molecule has 5 aromatic rings. The molecule has 0 unspecified atom stereocenters. The molecule has 5 nitrogen and oxygen atoms in total. The highest BCUT2D eigenvalue weighted by Gasteiger charge is 2.11. The van der Waals surface area contributed by atoms with Crippen molar-refractivity contribution in [3.63, 3.8) is 0 Å². The van der Waals surface area contributed by atoms with Crippen molar-refractivity contribution < 1.29 is 4.74 Å². The van der Waals surface area contributed by atoms with Crippen LogP contribution in [0.25, 0.3) is 16.7 Å². The van der Waals surface area contributed by atoms with E-state index >= 15 is 0 Å². The van der Waals surface area contributed by atoms with E-state index in [9.17, 15) is 0 Å². The molecule has 32 heavy (non-hydrogen) atoms. The summed E-state index contributed by atoms with van der Waals surface area (Å²) in [4.78, 5) is 4.05. The second-order valence-electron chi connectivity index (χ2n) is 7.69. The standard InChI is InChI=1S/C27H24N4O/c1-32-25-16-17-26-27(18-25)29-31(28-26)24-14-12-23(13-15-24)30(19-21-8-4-2-5-9-21)20-22-10-6-3-7-11-22/h2-18H,19-20H2,1H3. The molecule has 0 atom stereocenters. The molecule has 0 fully saturated rings. The molecule has 0 aliphatic heterocycles. The Labute approximate surface area is 187 Å². The molecular formula is C27H24N4O. The lowest BCUT2D eigenvalue weighted by Gasteiger charge is -2.25. The zero-order valence-electron chi connectivity index (χ0n) is 17.9. The number of benzene rings is 4. The van der Waals surface area contributed by atoms with Gasteiger partial charge in [-0.1, -0.05) is 60.7 Å². The summed E-state index contributed by atoms with van der Waals surface area (Å²) >= 11 is 0. The van der Waals surface area contributed by atoms with Crippen LogP contribution in [0.15, 0.2) is 103 Å². The largest absolute Gasteiger partial charge is 0.497 e. The van der Waals surface area contributed by atoms with Crippen molar-refractivity contribution in [2.45, 2.75) is 13.1 Å². The Hall–Kier alpha value is -4.12. The minimum absolute atomic E-state index is 0.775. The fourth-order valence-electron chi connectivity index (χ4n) is 3.78. The number of aromatic nitrogens is 3. The highest BCUT2D eigenvalue weighted by molar-refractivity contribution is 5.75. The Morgan fingerprint density at radius 1 is 0.688 bits per heavy atom. The smallest absolute Gasteiger partial charge is 0.121 e. The van der Waals surface area contributed by atoms with E-state index in [1.807, 2.05) is 18.2 Å². The maximum Gasteiger partial charge on any atom is 0.121 e. The van der Waals surface area contributed by atoms with Gasteiger partial charge in [0, 0.05) is 24.8 Å². The number of methoxy groups -OCH3 is 1. The van der Waals surface area contributed by atoms with Crippen molar-refractivity contribution >= 4 is 16.7 Å². The number of nitrogens with zero attached hydrogens (tertiary/aromatic N) is 4. The number of hydrogen-bond acceptors (Lipinski definition) is 4. The van der Waals surface area contributed by atoms with Gasteiger partial charge >= 0.3 is 0 Å². The summed E-state index contributed by atoms with van der Waals surface area (Å²) in [5, 5.41) is 9.22. The minimum atomic E-state index is 0.775. The van der Waals surface area contributed by atoms with Gasteiger partial charge < -0.3 is 9.64 Å². The fourth-order valence-corrected chi connectivity index (χ4v) is 3.78. The van der Waals surface area contributed by atoms with Crippen molar-refractivity contribution in [2.75, 3.05) is 12.0 Å². The monoisotopic (exact) mass is 420 g/mol.